The lowest BCUT2D eigenvalue weighted by Gasteiger charge is -2.46. The molecule has 2 fully saturated rings. The maximum Gasteiger partial charge on any atom is 0.421 e. The molecule has 0 bridgehead atoms. The van der Waals surface area contributed by atoms with Gasteiger partial charge in [-0.3, -0.25) is 19.3 Å². The van der Waals surface area contributed by atoms with Crippen molar-refractivity contribution in [1.29, 1.82) is 0 Å². The van der Waals surface area contributed by atoms with E-state index in [0.29, 0.717) is 16.9 Å². The molecule has 278 valence electrons. The number of imide groups is 1. The van der Waals surface area contributed by atoms with Gasteiger partial charge >= 0.3 is 12.1 Å². The molecule has 12 nitrogen and oxygen atoms in total. The van der Waals surface area contributed by atoms with Crippen LogP contribution < -0.4 is 15.0 Å². The molecule has 2 saturated heterocycles. The lowest BCUT2D eigenvalue weighted by atomic mass is 9.65. The molecule has 7 rings (SSSR count). The Labute approximate surface area is 312 Å². The van der Waals surface area contributed by atoms with Gasteiger partial charge in [-0.2, -0.15) is 0 Å². The smallest absolute Gasteiger partial charge is 0.421 e. The Kier molecular flexibility index (Phi) is 10.6. The largest absolute Gasteiger partial charge is 0.491 e. The Balaban J connectivity index is 1.53. The summed E-state index contributed by atoms with van der Waals surface area (Å²) in [5.74, 6) is -2.92. The molecule has 6 atom stereocenters. The molecule has 4 aromatic rings. The number of aliphatic hydroxyl groups is 1. The summed E-state index contributed by atoms with van der Waals surface area (Å²) in [6.45, 7) is 3.68. The number of morpholine rings is 1. The summed E-state index contributed by atoms with van der Waals surface area (Å²) in [6, 6.07) is 29.7. The number of amides is 3. The topological polar surface area (TPSA) is 144 Å². The second-order valence-corrected chi connectivity index (χ2v) is 13.2. The summed E-state index contributed by atoms with van der Waals surface area (Å²) < 4.78 is 22.7. The van der Waals surface area contributed by atoms with Crippen molar-refractivity contribution in [1.82, 2.24) is 10.2 Å². The molecule has 1 spiro atoms. The molecular weight excluding hydrogens is 690 g/mol. The van der Waals surface area contributed by atoms with Crippen LogP contribution in [0.5, 0.6) is 5.75 Å². The van der Waals surface area contributed by atoms with Crippen molar-refractivity contribution in [2.75, 3.05) is 45.0 Å². The Morgan fingerprint density at radius 1 is 0.852 bits per heavy atom. The van der Waals surface area contributed by atoms with Gasteiger partial charge in [-0.05, 0) is 40.5 Å². The van der Waals surface area contributed by atoms with Crippen LogP contribution in [0.3, 0.4) is 0 Å². The number of carbonyl (C=O) groups is 4. The van der Waals surface area contributed by atoms with Gasteiger partial charge in [0.2, 0.25) is 11.8 Å². The summed E-state index contributed by atoms with van der Waals surface area (Å²) in [5.41, 5.74) is 0.846. The molecule has 0 aromatic heterocycles. The molecule has 3 aliphatic rings. The number of hydrogen-bond acceptors (Lipinski definition) is 10. The van der Waals surface area contributed by atoms with Crippen LogP contribution in [0.2, 0.25) is 0 Å². The zero-order chi connectivity index (χ0) is 37.8. The molecular formula is C42H41N3O9. The van der Waals surface area contributed by atoms with Crippen LogP contribution in [0, 0.1) is 5.92 Å². The number of nitrogens with one attached hydrogen (secondary N) is 1. The quantitative estimate of drug-likeness (QED) is 0.118. The van der Waals surface area contributed by atoms with Crippen molar-refractivity contribution < 1.29 is 43.2 Å². The Morgan fingerprint density at radius 3 is 2.19 bits per heavy atom. The average molecular weight is 732 g/mol. The van der Waals surface area contributed by atoms with Crippen LogP contribution >= 0.6 is 0 Å². The SMILES string of the molecule is C=CCNC(=O)[C@H]1[C@@H]2C(=O)O[C@@H](c3ccccc3)[C@@H](c3ccccc3)N2[C@@H](c2ccc(OCCO)cc2)[C@]12C(=O)N(C(=O)OCCOC)c1ccccc12. The minimum absolute atomic E-state index is 0.0576. The third-order valence-electron chi connectivity index (χ3n) is 10.3. The molecule has 2 N–H and O–H groups in total. The van der Waals surface area contributed by atoms with Crippen molar-refractivity contribution in [3.8, 4) is 5.75 Å². The highest BCUT2D eigenvalue weighted by atomic mass is 16.6. The second kappa shape index (κ2) is 15.7. The fourth-order valence-electron chi connectivity index (χ4n) is 8.31. The van der Waals surface area contributed by atoms with Gasteiger partial charge in [0.05, 0.1) is 36.9 Å². The molecule has 3 amide bonds. The van der Waals surface area contributed by atoms with Crippen LogP contribution in [0.25, 0.3) is 0 Å². The van der Waals surface area contributed by atoms with Crippen LogP contribution in [-0.4, -0.2) is 80.0 Å². The van der Waals surface area contributed by atoms with Gasteiger partial charge in [0.25, 0.3) is 0 Å². The van der Waals surface area contributed by atoms with E-state index in [9.17, 15) is 19.5 Å². The van der Waals surface area contributed by atoms with Crippen LogP contribution in [0.15, 0.2) is 122 Å². The Hall–Kier alpha value is -5.82. The third kappa shape index (κ3) is 6.11. The first-order valence-electron chi connectivity index (χ1n) is 17.8. The highest BCUT2D eigenvalue weighted by molar-refractivity contribution is 6.23. The van der Waals surface area contributed by atoms with E-state index in [4.69, 9.17) is 18.9 Å². The number of cyclic esters (lactones) is 1. The Bertz CT molecular complexity index is 2010. The highest BCUT2D eigenvalue weighted by Crippen LogP contribution is 2.65. The van der Waals surface area contributed by atoms with Crippen molar-refractivity contribution >= 4 is 29.6 Å². The van der Waals surface area contributed by atoms with E-state index in [1.165, 1.54) is 13.2 Å². The van der Waals surface area contributed by atoms with E-state index >= 15 is 4.79 Å². The number of rotatable bonds is 12. The number of nitrogens with zero attached hydrogens (tertiary/aromatic N) is 2. The van der Waals surface area contributed by atoms with E-state index < -0.39 is 59.4 Å². The second-order valence-electron chi connectivity index (χ2n) is 13.2. The fourth-order valence-corrected chi connectivity index (χ4v) is 8.31. The number of benzene rings is 4. The number of methoxy groups -OCH3 is 1. The van der Waals surface area contributed by atoms with E-state index in [1.54, 1.807) is 48.5 Å². The summed E-state index contributed by atoms with van der Waals surface area (Å²) in [5, 5.41) is 12.3. The maximum atomic E-state index is 15.6. The van der Waals surface area contributed by atoms with Gasteiger partial charge in [-0.25, -0.2) is 9.69 Å². The Morgan fingerprint density at radius 2 is 1.52 bits per heavy atom. The number of para-hydroxylation sites is 1. The van der Waals surface area contributed by atoms with Gasteiger partial charge in [0, 0.05) is 13.7 Å². The molecule has 0 radical (unpaired) electrons. The molecule has 4 aromatic carbocycles. The summed E-state index contributed by atoms with van der Waals surface area (Å²) in [4.78, 5) is 62.1. The predicted octanol–water partition coefficient (Wildman–Crippen LogP) is 4.81. The van der Waals surface area contributed by atoms with Gasteiger partial charge < -0.3 is 29.4 Å². The van der Waals surface area contributed by atoms with Crippen molar-refractivity contribution in [3.63, 3.8) is 0 Å². The average Bonchev–Trinajstić information content (AvgIpc) is 3.66. The third-order valence-corrected chi connectivity index (χ3v) is 10.3. The van der Waals surface area contributed by atoms with Gasteiger partial charge in [0.15, 0.2) is 0 Å². The van der Waals surface area contributed by atoms with Crippen molar-refractivity contribution in [3.05, 3.63) is 144 Å². The number of anilines is 1. The van der Waals surface area contributed by atoms with E-state index in [0.717, 1.165) is 16.0 Å². The van der Waals surface area contributed by atoms with Crippen molar-refractivity contribution in [2.24, 2.45) is 5.92 Å². The first-order chi connectivity index (χ1) is 26.4. The zero-order valence-electron chi connectivity index (χ0n) is 29.7. The first-order valence-corrected chi connectivity index (χ1v) is 17.8. The lowest BCUT2D eigenvalue weighted by Crippen LogP contribution is -2.55. The van der Waals surface area contributed by atoms with Gasteiger partial charge in [0.1, 0.15) is 36.5 Å². The van der Waals surface area contributed by atoms with Crippen LogP contribution in [-0.2, 0) is 34.0 Å². The number of aliphatic hydroxyl groups excluding tert-OH is 1. The molecule has 0 unspecified atom stereocenters. The first kappa shape index (κ1) is 36.5. The van der Waals surface area contributed by atoms with Gasteiger partial charge in [-0.1, -0.05) is 97.1 Å². The number of carbonyl (C=O) groups excluding carboxylic acids is 4. The van der Waals surface area contributed by atoms with E-state index in [-0.39, 0.29) is 38.7 Å². The normalized spacial score (nSPS) is 24.4. The minimum Gasteiger partial charge on any atom is -0.491 e. The summed E-state index contributed by atoms with van der Waals surface area (Å²) in [7, 11) is 1.47. The molecule has 3 aliphatic heterocycles. The number of esters is 1. The highest BCUT2D eigenvalue weighted by Gasteiger charge is 2.75. The molecule has 0 saturated carbocycles. The van der Waals surface area contributed by atoms with Crippen LogP contribution in [0.1, 0.15) is 40.4 Å². The lowest BCUT2D eigenvalue weighted by molar-refractivity contribution is -0.178. The molecule has 3 heterocycles. The van der Waals surface area contributed by atoms with E-state index in [1.807, 2.05) is 65.6 Å². The van der Waals surface area contributed by atoms with Crippen LogP contribution in [0.4, 0.5) is 10.5 Å². The molecule has 0 aliphatic carbocycles. The fraction of sp³-hybridized carbons (Fsp3) is 0.286. The predicted molar refractivity (Wildman–Crippen MR) is 197 cm³/mol. The zero-order valence-corrected chi connectivity index (χ0v) is 29.7. The van der Waals surface area contributed by atoms with E-state index in [2.05, 4.69) is 11.9 Å². The number of ether oxygens (including phenoxy) is 4. The standard InChI is InChI=1S/C42H41N3O9/c1-3-22-43-38(47)33-35-39(48)54-36(28-14-8-5-9-15-28)34(27-12-6-4-7-13-27)45(35)37(29-18-20-30(21-19-29)52-24-23-46)42(33)31-16-10-11-17-32(31)44(40(42)49)41(50)53-26-25-51-2/h3-21,33-37,46H,1,22-26H2,2H3,(H,43,47)/t33-,34-,35-,36+,37+,42-/m1/s1. The molecule has 12 heteroatoms. The van der Waals surface area contributed by atoms with Gasteiger partial charge in [-0.15, -0.1) is 6.58 Å². The monoisotopic (exact) mass is 731 g/mol. The minimum atomic E-state index is -1.86. The van der Waals surface area contributed by atoms with Crippen molar-refractivity contribution in [2.45, 2.75) is 29.6 Å². The summed E-state index contributed by atoms with van der Waals surface area (Å²) in [6.07, 6.45) is -0.269. The number of fused-ring (bicyclic) bond motifs is 3. The maximum absolute atomic E-state index is 15.6. The summed E-state index contributed by atoms with van der Waals surface area (Å²) >= 11 is 0. The number of hydrogen-bond donors (Lipinski definition) is 2. The molecule has 54 heavy (non-hydrogen) atoms.